The zero-order chi connectivity index (χ0) is 26.9. The Hall–Kier alpha value is -2.70. The third kappa shape index (κ3) is 5.97. The van der Waals surface area contributed by atoms with Gasteiger partial charge in [-0.25, -0.2) is 22.9 Å². The molecule has 2 aromatic carbocycles. The molecular weight excluding hydrogens is 523 g/mol. The highest BCUT2D eigenvalue weighted by Crippen LogP contribution is 2.42. The molecule has 2 unspecified atom stereocenters. The van der Waals surface area contributed by atoms with Crippen LogP contribution in [0.4, 0.5) is 4.39 Å². The van der Waals surface area contributed by atoms with Gasteiger partial charge in [-0.3, -0.25) is 4.90 Å². The molecule has 2 N–H and O–H groups in total. The lowest BCUT2D eigenvalue weighted by Gasteiger charge is -2.41. The summed E-state index contributed by atoms with van der Waals surface area (Å²) in [4.78, 5) is 11.1. The van der Waals surface area contributed by atoms with E-state index >= 15 is 0 Å². The van der Waals surface area contributed by atoms with Crippen LogP contribution in [0.2, 0.25) is 0 Å². The Kier molecular flexibility index (Phi) is 7.92. The van der Waals surface area contributed by atoms with Crippen LogP contribution < -0.4 is 5.14 Å². The number of hydrogen-bond donors (Lipinski definition) is 1. The normalized spacial score (nSPS) is 20.1. The maximum atomic E-state index is 13.2. The van der Waals surface area contributed by atoms with E-state index in [0.29, 0.717) is 0 Å². The van der Waals surface area contributed by atoms with Gasteiger partial charge in [0.1, 0.15) is 15.6 Å². The lowest BCUT2D eigenvalue weighted by molar-refractivity contribution is 0.0733. The van der Waals surface area contributed by atoms with Gasteiger partial charge in [0.25, 0.3) is 0 Å². The molecule has 0 spiro atoms. The lowest BCUT2D eigenvalue weighted by Crippen LogP contribution is -2.52. The van der Waals surface area contributed by atoms with Gasteiger partial charge >= 0.3 is 0 Å². The molecule has 0 saturated carbocycles. The second-order valence-electron chi connectivity index (χ2n) is 9.87. The van der Waals surface area contributed by atoms with Crippen LogP contribution in [0.3, 0.4) is 0 Å². The molecule has 0 amide bonds. The van der Waals surface area contributed by atoms with E-state index in [2.05, 4.69) is 62.5 Å². The molecule has 1 aromatic heterocycles. The van der Waals surface area contributed by atoms with Gasteiger partial charge in [-0.15, -0.1) is 0 Å². The average molecular weight is 557 g/mol. The van der Waals surface area contributed by atoms with Crippen molar-refractivity contribution in [2.24, 2.45) is 5.14 Å². The van der Waals surface area contributed by atoms with E-state index in [0.717, 1.165) is 61.5 Å². The van der Waals surface area contributed by atoms with E-state index in [4.69, 9.17) is 5.14 Å². The maximum absolute atomic E-state index is 13.2. The molecule has 11 heteroatoms. The van der Waals surface area contributed by atoms with Gasteiger partial charge in [0.15, 0.2) is 0 Å². The first-order valence-electron chi connectivity index (χ1n) is 12.7. The number of hydrogen-bond acceptors (Lipinski definition) is 7. The predicted molar refractivity (Wildman–Crippen MR) is 150 cm³/mol. The van der Waals surface area contributed by atoms with E-state index in [1.54, 1.807) is 6.20 Å². The van der Waals surface area contributed by atoms with E-state index < -0.39 is 10.0 Å². The Morgan fingerprint density at radius 2 is 1.76 bits per heavy atom. The number of halogens is 1. The fourth-order valence-electron chi connectivity index (χ4n) is 4.87. The summed E-state index contributed by atoms with van der Waals surface area (Å²) in [6, 6.07) is 14.9. The number of rotatable bonds is 8. The van der Waals surface area contributed by atoms with Gasteiger partial charge in [-0.1, -0.05) is 48.2 Å². The number of likely N-dealkylation sites (N-methyl/N-ethyl adjacent to an activating group) is 1. The number of nitrogens with zero attached hydrogens (tertiary/aromatic N) is 5. The van der Waals surface area contributed by atoms with Gasteiger partial charge in [0.05, 0.1) is 24.3 Å². The van der Waals surface area contributed by atoms with E-state index in [1.165, 1.54) is 23.9 Å². The number of aromatic nitrogens is 2. The molecule has 1 saturated heterocycles. The second kappa shape index (κ2) is 11.2. The highest BCUT2D eigenvalue weighted by molar-refractivity contribution is 8.18. The molecule has 2 aliphatic rings. The van der Waals surface area contributed by atoms with Crippen molar-refractivity contribution in [2.45, 2.75) is 31.4 Å². The molecule has 1 fully saturated rings. The summed E-state index contributed by atoms with van der Waals surface area (Å²) in [6.07, 6.45) is 6.14. The molecule has 2 atom stereocenters. The van der Waals surface area contributed by atoms with Gasteiger partial charge in [-0.2, -0.15) is 0 Å². The average Bonchev–Trinajstić information content (AvgIpc) is 3.56. The topological polar surface area (TPSA) is 87.7 Å². The summed E-state index contributed by atoms with van der Waals surface area (Å²) in [5.41, 5.74) is 4.08. The highest BCUT2D eigenvalue weighted by atomic mass is 32.3. The van der Waals surface area contributed by atoms with Gasteiger partial charge in [0.2, 0.25) is 10.0 Å². The number of benzene rings is 2. The molecule has 2 aliphatic heterocycles. The van der Waals surface area contributed by atoms with Crippen molar-refractivity contribution in [3.05, 3.63) is 88.4 Å². The molecule has 38 heavy (non-hydrogen) atoms. The van der Waals surface area contributed by atoms with Crippen molar-refractivity contribution in [1.29, 1.82) is 0 Å². The van der Waals surface area contributed by atoms with Crippen LogP contribution in [0.5, 0.6) is 0 Å². The van der Waals surface area contributed by atoms with Crippen LogP contribution >= 0.6 is 11.8 Å². The van der Waals surface area contributed by atoms with Crippen LogP contribution in [0, 0.1) is 5.82 Å². The Bertz CT molecular complexity index is 1380. The van der Waals surface area contributed by atoms with Crippen LogP contribution in [0.15, 0.2) is 71.5 Å². The first-order valence-corrected chi connectivity index (χ1v) is 15.1. The Morgan fingerprint density at radius 1 is 1.08 bits per heavy atom. The predicted octanol–water partition coefficient (Wildman–Crippen LogP) is 3.66. The number of thioether (sulfide) groups is 1. The number of primary sulfonamides is 1. The molecule has 0 aliphatic carbocycles. The zero-order valence-corrected chi connectivity index (χ0v) is 23.2. The van der Waals surface area contributed by atoms with Crippen LogP contribution in [-0.2, 0) is 23.0 Å². The Balaban J connectivity index is 1.32. The van der Waals surface area contributed by atoms with Crippen molar-refractivity contribution in [3.63, 3.8) is 0 Å². The van der Waals surface area contributed by atoms with Crippen molar-refractivity contribution in [3.8, 4) is 11.3 Å². The minimum atomic E-state index is -3.79. The van der Waals surface area contributed by atoms with E-state index in [-0.39, 0.29) is 21.6 Å². The second-order valence-corrected chi connectivity index (χ2v) is 12.8. The monoisotopic (exact) mass is 556 g/mol. The number of piperazine rings is 1. The molecule has 8 nitrogen and oxygen atoms in total. The minimum Gasteiger partial charge on any atom is -0.344 e. The number of aryl methyl sites for hydroxylation is 2. The molecule has 0 radical (unpaired) electrons. The van der Waals surface area contributed by atoms with Crippen LogP contribution in [0.25, 0.3) is 11.3 Å². The summed E-state index contributed by atoms with van der Waals surface area (Å²) < 4.78 is 39.9. The molecular formula is C27H33FN6O2S2. The highest BCUT2D eigenvalue weighted by Gasteiger charge is 2.38. The summed E-state index contributed by atoms with van der Waals surface area (Å²) in [6.45, 7) is 6.43. The summed E-state index contributed by atoms with van der Waals surface area (Å²) in [7, 11) is -1.68. The SMILES string of the molecule is CC(c1ccc(-c2cncn2CCc2ccc(F)cc2)cc1)N1C=C(S(N)(=O)=O)SC1N1CCN(C)CC1. The summed E-state index contributed by atoms with van der Waals surface area (Å²) in [5, 5.41) is 5.52. The van der Waals surface area contributed by atoms with Gasteiger partial charge in [-0.05, 0) is 49.2 Å². The Morgan fingerprint density at radius 3 is 2.42 bits per heavy atom. The molecule has 0 bridgehead atoms. The largest absolute Gasteiger partial charge is 0.344 e. The fraction of sp³-hybridized carbons (Fsp3) is 0.370. The molecule has 5 rings (SSSR count). The molecule has 3 aromatic rings. The van der Waals surface area contributed by atoms with E-state index in [9.17, 15) is 12.8 Å². The zero-order valence-electron chi connectivity index (χ0n) is 21.6. The summed E-state index contributed by atoms with van der Waals surface area (Å²) >= 11 is 1.31. The smallest absolute Gasteiger partial charge is 0.245 e. The van der Waals surface area contributed by atoms with E-state index in [1.807, 2.05) is 24.7 Å². The fourth-order valence-corrected chi connectivity index (χ4v) is 7.05. The summed E-state index contributed by atoms with van der Waals surface area (Å²) in [5.74, 6) is -0.231. The molecule has 202 valence electrons. The van der Waals surface area contributed by atoms with Crippen LogP contribution in [-0.4, -0.2) is 71.4 Å². The number of nitrogens with two attached hydrogens (primary N) is 1. The quantitative estimate of drug-likeness (QED) is 0.453. The van der Waals surface area contributed by atoms with Crippen molar-refractivity contribution < 1.29 is 12.8 Å². The first kappa shape index (κ1) is 26.9. The van der Waals surface area contributed by atoms with Crippen LogP contribution in [0.1, 0.15) is 24.1 Å². The van der Waals surface area contributed by atoms with Crippen molar-refractivity contribution >= 4 is 21.8 Å². The minimum absolute atomic E-state index is 0.0520. The number of sulfonamides is 1. The van der Waals surface area contributed by atoms with Gasteiger partial charge in [0, 0.05) is 38.9 Å². The number of imidazole rings is 1. The first-order chi connectivity index (χ1) is 18.2. The standard InChI is InChI=1S/C27H33FN6O2S2/c1-20(34-18-26(38(29,35)36)37-27(34)32-15-13-31(2)14-16-32)22-5-7-23(8-6-22)25-17-30-19-33(25)12-11-21-3-9-24(28)10-4-21/h3-10,17-20,27H,11-16H2,1-2H3,(H2,29,35,36). The Labute approximate surface area is 228 Å². The third-order valence-electron chi connectivity index (χ3n) is 7.26. The lowest BCUT2D eigenvalue weighted by atomic mass is 10.0. The van der Waals surface area contributed by atoms with Gasteiger partial charge < -0.3 is 14.4 Å². The van der Waals surface area contributed by atoms with Crippen molar-refractivity contribution in [1.82, 2.24) is 24.3 Å². The maximum Gasteiger partial charge on any atom is 0.245 e. The molecule has 3 heterocycles. The third-order valence-corrected chi connectivity index (χ3v) is 10.0. The van der Waals surface area contributed by atoms with Crippen molar-refractivity contribution in [2.75, 3.05) is 33.2 Å².